The summed E-state index contributed by atoms with van der Waals surface area (Å²) in [6.07, 6.45) is 4.98. The van der Waals surface area contributed by atoms with Crippen molar-refractivity contribution in [3.05, 3.63) is 0 Å². The van der Waals surface area contributed by atoms with E-state index in [1.54, 1.807) is 0 Å². The zero-order valence-corrected chi connectivity index (χ0v) is 12.2. The lowest BCUT2D eigenvalue weighted by atomic mass is 9.82. The van der Waals surface area contributed by atoms with Gasteiger partial charge in [-0.1, -0.05) is 6.42 Å². The maximum Gasteiger partial charge on any atom is 0.309 e. The Morgan fingerprint density at radius 2 is 1.89 bits per heavy atom. The second-order valence-electron chi connectivity index (χ2n) is 6.57. The number of nitrogens with one attached hydrogen (secondary N) is 1. The molecule has 1 saturated heterocycles. The first kappa shape index (κ1) is 14.8. The number of ether oxygens (including phenoxy) is 1. The molecule has 1 heterocycles. The number of carbonyl (C=O) groups is 1. The van der Waals surface area contributed by atoms with E-state index in [0.29, 0.717) is 12.3 Å². The molecule has 2 fully saturated rings. The lowest BCUT2D eigenvalue weighted by Crippen LogP contribution is -2.44. The van der Waals surface area contributed by atoms with Crippen LogP contribution in [0.4, 0.5) is 0 Å². The van der Waals surface area contributed by atoms with E-state index in [0.717, 1.165) is 45.2 Å². The minimum Gasteiger partial charge on any atom is -0.459 e. The van der Waals surface area contributed by atoms with Crippen molar-refractivity contribution in [2.24, 2.45) is 11.8 Å². The molecule has 1 aliphatic heterocycles. The summed E-state index contributed by atoms with van der Waals surface area (Å²) in [5.74, 6) is 0.221. The van der Waals surface area contributed by atoms with Crippen LogP contribution < -0.4 is 5.32 Å². The van der Waals surface area contributed by atoms with Gasteiger partial charge in [0.1, 0.15) is 5.60 Å². The van der Waals surface area contributed by atoms with Crippen molar-refractivity contribution in [1.29, 1.82) is 0 Å². The molecule has 1 saturated carbocycles. The summed E-state index contributed by atoms with van der Waals surface area (Å²) >= 11 is 0. The average molecular weight is 269 g/mol. The van der Waals surface area contributed by atoms with Gasteiger partial charge in [-0.15, -0.1) is 0 Å². The van der Waals surface area contributed by atoms with Gasteiger partial charge in [0.25, 0.3) is 0 Å². The van der Waals surface area contributed by atoms with Gasteiger partial charge in [-0.05, 0) is 59.0 Å². The van der Waals surface area contributed by atoms with Crippen LogP contribution in [0.2, 0.25) is 0 Å². The van der Waals surface area contributed by atoms with Crippen LogP contribution in [0.3, 0.4) is 0 Å². The summed E-state index contributed by atoms with van der Waals surface area (Å²) in [5.41, 5.74) is -0.387. The molecule has 0 aromatic rings. The third-order valence-corrected chi connectivity index (χ3v) is 4.67. The van der Waals surface area contributed by atoms with Gasteiger partial charge in [-0.2, -0.15) is 0 Å². The molecule has 2 unspecified atom stereocenters. The second-order valence-corrected chi connectivity index (χ2v) is 6.57. The van der Waals surface area contributed by atoms with Crippen LogP contribution in [0.1, 0.15) is 52.4 Å². The monoisotopic (exact) mass is 269 g/mol. The minimum absolute atomic E-state index is 0.107. The maximum absolute atomic E-state index is 12.3. The molecule has 19 heavy (non-hydrogen) atoms. The molecule has 0 amide bonds. The zero-order valence-electron chi connectivity index (χ0n) is 12.2. The molecular formula is C15H27NO3. The number of hydrogen-bond acceptors (Lipinski definition) is 4. The molecule has 4 heteroatoms. The molecule has 0 radical (unpaired) electrons. The molecule has 0 aromatic heterocycles. The van der Waals surface area contributed by atoms with Gasteiger partial charge < -0.3 is 15.2 Å². The van der Waals surface area contributed by atoms with Gasteiger partial charge in [-0.3, -0.25) is 4.79 Å². The summed E-state index contributed by atoms with van der Waals surface area (Å²) in [5, 5.41) is 13.0. The van der Waals surface area contributed by atoms with Gasteiger partial charge in [0.2, 0.25) is 0 Å². The summed E-state index contributed by atoms with van der Waals surface area (Å²) in [6, 6.07) is 0. The van der Waals surface area contributed by atoms with E-state index >= 15 is 0 Å². The van der Waals surface area contributed by atoms with Crippen LogP contribution in [-0.2, 0) is 9.53 Å². The normalized spacial score (nSPS) is 30.1. The zero-order chi connectivity index (χ0) is 13.9. The Morgan fingerprint density at radius 1 is 1.21 bits per heavy atom. The predicted octanol–water partition coefficient (Wildman–Crippen LogP) is 1.86. The Balaban J connectivity index is 1.89. The smallest absolute Gasteiger partial charge is 0.309 e. The van der Waals surface area contributed by atoms with Crippen molar-refractivity contribution in [2.45, 2.75) is 64.1 Å². The third-order valence-electron chi connectivity index (χ3n) is 4.67. The van der Waals surface area contributed by atoms with Crippen LogP contribution in [0, 0.1) is 11.8 Å². The molecule has 2 atom stereocenters. The minimum atomic E-state index is -0.387. The van der Waals surface area contributed by atoms with Gasteiger partial charge in [0.05, 0.1) is 12.0 Å². The van der Waals surface area contributed by atoms with Crippen molar-refractivity contribution < 1.29 is 14.6 Å². The Hall–Kier alpha value is -0.610. The fourth-order valence-electron chi connectivity index (χ4n) is 3.32. The lowest BCUT2D eigenvalue weighted by molar-refractivity contribution is -0.170. The highest BCUT2D eigenvalue weighted by Gasteiger charge is 2.37. The lowest BCUT2D eigenvalue weighted by Gasteiger charge is -2.38. The first-order valence-corrected chi connectivity index (χ1v) is 7.60. The molecule has 1 aliphatic carbocycles. The highest BCUT2D eigenvalue weighted by Crippen LogP contribution is 2.32. The highest BCUT2D eigenvalue weighted by atomic mass is 16.6. The molecule has 0 bridgehead atoms. The van der Waals surface area contributed by atoms with E-state index < -0.39 is 0 Å². The van der Waals surface area contributed by atoms with E-state index in [1.807, 2.05) is 13.8 Å². The van der Waals surface area contributed by atoms with Gasteiger partial charge in [0, 0.05) is 5.92 Å². The molecule has 110 valence electrons. The van der Waals surface area contributed by atoms with E-state index in [-0.39, 0.29) is 23.6 Å². The second kappa shape index (κ2) is 6.23. The number of piperidine rings is 1. The quantitative estimate of drug-likeness (QED) is 0.768. The van der Waals surface area contributed by atoms with Crippen molar-refractivity contribution >= 4 is 5.97 Å². The van der Waals surface area contributed by atoms with E-state index in [9.17, 15) is 9.90 Å². The van der Waals surface area contributed by atoms with Gasteiger partial charge in [0.15, 0.2) is 0 Å². The number of hydrogen-bond donors (Lipinski definition) is 2. The van der Waals surface area contributed by atoms with Crippen molar-refractivity contribution in [3.63, 3.8) is 0 Å². The standard InChI is InChI=1S/C15H27NO3/c1-15(2,12-6-8-16-9-7-12)19-14(18)11-4-3-5-13(17)10-11/h11-13,16-17H,3-10H2,1-2H3. The van der Waals surface area contributed by atoms with E-state index in [4.69, 9.17) is 4.74 Å². The Kier molecular flexibility index (Phi) is 4.85. The SMILES string of the molecule is CC(C)(OC(=O)C1CCCC(O)C1)C1CCNCC1. The van der Waals surface area contributed by atoms with Crippen LogP contribution in [0.25, 0.3) is 0 Å². The van der Waals surface area contributed by atoms with Crippen LogP contribution in [0.15, 0.2) is 0 Å². The molecule has 2 aliphatic rings. The van der Waals surface area contributed by atoms with Crippen LogP contribution in [0.5, 0.6) is 0 Å². The topological polar surface area (TPSA) is 58.6 Å². The molecule has 2 rings (SSSR count). The largest absolute Gasteiger partial charge is 0.459 e. The summed E-state index contributed by atoms with van der Waals surface area (Å²) < 4.78 is 5.79. The first-order valence-electron chi connectivity index (χ1n) is 7.60. The Labute approximate surface area is 115 Å². The average Bonchev–Trinajstić information content (AvgIpc) is 2.39. The number of aliphatic hydroxyl groups is 1. The van der Waals surface area contributed by atoms with Crippen LogP contribution >= 0.6 is 0 Å². The van der Waals surface area contributed by atoms with E-state index in [2.05, 4.69) is 5.32 Å². The molecule has 0 aromatic carbocycles. The Morgan fingerprint density at radius 3 is 2.53 bits per heavy atom. The summed E-state index contributed by atoms with van der Waals surface area (Å²) in [6.45, 7) is 6.07. The third kappa shape index (κ3) is 3.93. The van der Waals surface area contributed by atoms with Gasteiger partial charge >= 0.3 is 5.97 Å². The number of aliphatic hydroxyl groups excluding tert-OH is 1. The van der Waals surface area contributed by atoms with Gasteiger partial charge in [-0.25, -0.2) is 0 Å². The number of carbonyl (C=O) groups excluding carboxylic acids is 1. The molecule has 4 nitrogen and oxygen atoms in total. The van der Waals surface area contributed by atoms with Crippen molar-refractivity contribution in [1.82, 2.24) is 5.32 Å². The fourth-order valence-corrected chi connectivity index (χ4v) is 3.32. The van der Waals surface area contributed by atoms with Crippen molar-refractivity contribution in [2.75, 3.05) is 13.1 Å². The predicted molar refractivity (Wildman–Crippen MR) is 73.7 cm³/mol. The number of rotatable bonds is 3. The van der Waals surface area contributed by atoms with Crippen molar-refractivity contribution in [3.8, 4) is 0 Å². The van der Waals surface area contributed by atoms with E-state index in [1.165, 1.54) is 0 Å². The Bertz CT molecular complexity index is 311. The molecule has 2 N–H and O–H groups in total. The first-order chi connectivity index (χ1) is 8.99. The van der Waals surface area contributed by atoms with Crippen LogP contribution in [-0.4, -0.2) is 35.9 Å². The fraction of sp³-hybridized carbons (Fsp3) is 0.933. The highest BCUT2D eigenvalue weighted by molar-refractivity contribution is 5.73. The maximum atomic E-state index is 12.3. The molecule has 0 spiro atoms. The summed E-state index contributed by atoms with van der Waals surface area (Å²) in [4.78, 5) is 12.3. The summed E-state index contributed by atoms with van der Waals surface area (Å²) in [7, 11) is 0. The molecular weight excluding hydrogens is 242 g/mol. The number of esters is 1.